The quantitative estimate of drug-likeness (QED) is 0.880. The Morgan fingerprint density at radius 3 is 2.96 bits per heavy atom. The molecule has 1 N–H and O–H groups in total. The average Bonchev–Trinajstić information content (AvgIpc) is 2.66. The maximum absolute atomic E-state index is 11.2. The highest BCUT2D eigenvalue weighted by molar-refractivity contribution is 5.83. The number of nitrogens with zero attached hydrogens (tertiary/aromatic N) is 2. The molecule has 1 aromatic carbocycles. The van der Waals surface area contributed by atoms with E-state index in [-0.39, 0.29) is 6.04 Å². The smallest absolute Gasteiger partial charge is 0.119 e. The molecule has 0 spiro atoms. The fourth-order valence-electron chi connectivity index (χ4n) is 4.34. The molecule has 3 saturated heterocycles. The van der Waals surface area contributed by atoms with Crippen molar-refractivity contribution < 1.29 is 9.84 Å². The van der Waals surface area contributed by atoms with Crippen LogP contribution in [-0.4, -0.2) is 41.2 Å². The number of aliphatic hydroxyl groups excluding tert-OH is 1. The normalized spacial score (nSPS) is 29.1. The molecule has 2 bridgehead atoms. The van der Waals surface area contributed by atoms with Gasteiger partial charge >= 0.3 is 0 Å². The first kappa shape index (κ1) is 15.6. The molecule has 3 aliphatic heterocycles. The summed E-state index contributed by atoms with van der Waals surface area (Å²) in [5.41, 5.74) is 3.39. The van der Waals surface area contributed by atoms with Gasteiger partial charge in [0.1, 0.15) is 5.75 Å². The molecular weight excluding hydrogens is 300 g/mol. The number of ether oxygens (including phenoxy) is 1. The third-order valence-corrected chi connectivity index (χ3v) is 5.71. The molecule has 3 aliphatic rings. The first-order valence-electron chi connectivity index (χ1n) is 8.71. The molecule has 4 nitrogen and oxygen atoms in total. The number of rotatable bonds is 3. The number of aliphatic hydroxyl groups is 1. The van der Waals surface area contributed by atoms with E-state index in [9.17, 15) is 5.11 Å². The van der Waals surface area contributed by atoms with Crippen LogP contribution in [0.1, 0.15) is 31.4 Å². The van der Waals surface area contributed by atoms with E-state index in [0.29, 0.717) is 5.92 Å². The lowest BCUT2D eigenvalue weighted by Crippen LogP contribution is -2.52. The maximum atomic E-state index is 11.2. The van der Waals surface area contributed by atoms with Crippen molar-refractivity contribution in [1.82, 2.24) is 9.88 Å². The predicted octanol–water partition coefficient (Wildman–Crippen LogP) is 3.32. The lowest BCUT2D eigenvalue weighted by molar-refractivity contribution is -0.00340. The van der Waals surface area contributed by atoms with Gasteiger partial charge in [0, 0.05) is 24.2 Å². The number of allylic oxidation sites excluding steroid dienone is 1. The fourth-order valence-corrected chi connectivity index (χ4v) is 4.34. The van der Waals surface area contributed by atoms with Gasteiger partial charge in [-0.3, -0.25) is 9.88 Å². The van der Waals surface area contributed by atoms with Gasteiger partial charge in [-0.1, -0.05) is 11.6 Å². The lowest BCUT2D eigenvalue weighted by atomic mass is 9.76. The summed E-state index contributed by atoms with van der Waals surface area (Å²) in [6.45, 7) is 4.20. The second kappa shape index (κ2) is 6.19. The molecule has 24 heavy (non-hydrogen) atoms. The van der Waals surface area contributed by atoms with Crippen molar-refractivity contribution in [2.75, 3.05) is 20.2 Å². The zero-order valence-corrected chi connectivity index (χ0v) is 14.3. The zero-order valence-electron chi connectivity index (χ0n) is 14.3. The summed E-state index contributed by atoms with van der Waals surface area (Å²) >= 11 is 0. The van der Waals surface area contributed by atoms with Crippen LogP contribution in [0.15, 0.2) is 42.1 Å². The summed E-state index contributed by atoms with van der Waals surface area (Å²) in [4.78, 5) is 6.87. The van der Waals surface area contributed by atoms with Crippen molar-refractivity contribution in [3.05, 3.63) is 47.7 Å². The van der Waals surface area contributed by atoms with Gasteiger partial charge in [-0.05, 0) is 62.1 Å². The topological polar surface area (TPSA) is 45.6 Å². The van der Waals surface area contributed by atoms with Crippen LogP contribution in [0.25, 0.3) is 10.9 Å². The van der Waals surface area contributed by atoms with Gasteiger partial charge in [-0.15, -0.1) is 0 Å². The van der Waals surface area contributed by atoms with Crippen LogP contribution in [0.3, 0.4) is 0 Å². The van der Waals surface area contributed by atoms with Gasteiger partial charge in [0.05, 0.1) is 18.7 Å². The molecule has 5 rings (SSSR count). The molecular formula is C20H24N2O2. The summed E-state index contributed by atoms with van der Waals surface area (Å²) in [6, 6.07) is 7.98. The van der Waals surface area contributed by atoms with E-state index in [1.54, 1.807) is 13.3 Å². The Balaban J connectivity index is 1.70. The Bertz CT molecular complexity index is 786. The Kier molecular flexibility index (Phi) is 4.02. The van der Waals surface area contributed by atoms with E-state index in [1.807, 2.05) is 24.3 Å². The Morgan fingerprint density at radius 2 is 2.25 bits per heavy atom. The minimum atomic E-state index is -0.496. The Hall–Kier alpha value is -1.91. The number of benzene rings is 1. The molecule has 3 fully saturated rings. The third-order valence-electron chi connectivity index (χ3n) is 5.71. The summed E-state index contributed by atoms with van der Waals surface area (Å²) < 4.78 is 5.35. The van der Waals surface area contributed by atoms with E-state index < -0.39 is 6.10 Å². The van der Waals surface area contributed by atoms with Gasteiger partial charge in [-0.25, -0.2) is 0 Å². The molecule has 2 unspecified atom stereocenters. The van der Waals surface area contributed by atoms with Crippen LogP contribution in [0.5, 0.6) is 5.75 Å². The van der Waals surface area contributed by atoms with E-state index >= 15 is 0 Å². The van der Waals surface area contributed by atoms with Crippen molar-refractivity contribution in [1.29, 1.82) is 0 Å². The van der Waals surface area contributed by atoms with Crippen molar-refractivity contribution in [2.24, 2.45) is 5.92 Å². The van der Waals surface area contributed by atoms with Crippen LogP contribution >= 0.6 is 0 Å². The number of piperidine rings is 3. The van der Waals surface area contributed by atoms with Crippen molar-refractivity contribution in [3.8, 4) is 5.75 Å². The number of methoxy groups -OCH3 is 1. The van der Waals surface area contributed by atoms with Crippen LogP contribution in [0.2, 0.25) is 0 Å². The first-order valence-corrected chi connectivity index (χ1v) is 8.71. The monoisotopic (exact) mass is 324 g/mol. The van der Waals surface area contributed by atoms with Gasteiger partial charge in [0.2, 0.25) is 0 Å². The Morgan fingerprint density at radius 1 is 1.38 bits per heavy atom. The molecule has 0 aliphatic carbocycles. The Labute approximate surface area is 142 Å². The van der Waals surface area contributed by atoms with Crippen LogP contribution in [0, 0.1) is 5.92 Å². The molecule has 4 atom stereocenters. The summed E-state index contributed by atoms with van der Waals surface area (Å²) in [5.74, 6) is 1.42. The largest absolute Gasteiger partial charge is 0.497 e. The SMILES string of the molecule is C/C=C1\CN2CC[C@@H]1CC2[C@@H](O)c1ccnc2ccc(OC)cc12. The molecule has 4 heteroatoms. The second-order valence-electron chi connectivity index (χ2n) is 6.85. The number of hydrogen-bond acceptors (Lipinski definition) is 4. The van der Waals surface area contributed by atoms with Gasteiger partial charge in [0.25, 0.3) is 0 Å². The predicted molar refractivity (Wildman–Crippen MR) is 95.1 cm³/mol. The lowest BCUT2D eigenvalue weighted by Gasteiger charge is -2.48. The number of hydrogen-bond donors (Lipinski definition) is 1. The molecule has 0 amide bonds. The number of fused-ring (bicyclic) bond motifs is 4. The third kappa shape index (κ3) is 2.50. The minimum Gasteiger partial charge on any atom is -0.497 e. The fraction of sp³-hybridized carbons (Fsp3) is 0.450. The second-order valence-corrected chi connectivity index (χ2v) is 6.85. The molecule has 2 aromatic rings. The van der Waals surface area contributed by atoms with Crippen LogP contribution < -0.4 is 4.74 Å². The van der Waals surface area contributed by atoms with Gasteiger partial charge in [0.15, 0.2) is 0 Å². The highest BCUT2D eigenvalue weighted by atomic mass is 16.5. The highest BCUT2D eigenvalue weighted by Gasteiger charge is 2.40. The summed E-state index contributed by atoms with van der Waals surface area (Å²) in [7, 11) is 1.66. The summed E-state index contributed by atoms with van der Waals surface area (Å²) in [5, 5.41) is 12.1. The van der Waals surface area contributed by atoms with E-state index in [4.69, 9.17) is 4.74 Å². The molecule has 4 heterocycles. The zero-order chi connectivity index (χ0) is 16.7. The maximum Gasteiger partial charge on any atom is 0.119 e. The molecule has 0 saturated carbocycles. The first-order chi connectivity index (χ1) is 11.7. The summed E-state index contributed by atoms with van der Waals surface area (Å²) in [6.07, 6.45) is 5.80. The van der Waals surface area contributed by atoms with Crippen molar-refractivity contribution in [3.63, 3.8) is 0 Å². The molecule has 1 aromatic heterocycles. The standard InChI is InChI=1S/C20H24N2O2/c1-3-13-12-22-9-7-14(13)10-19(22)20(23)16-6-8-21-18-5-4-15(24-2)11-17(16)18/h3-6,8,11,14,19-20,23H,7,9-10,12H2,1-2H3/b13-3+/t14-,19?,20+/m1/s1. The van der Waals surface area contributed by atoms with E-state index in [0.717, 1.165) is 41.7 Å². The highest BCUT2D eigenvalue weighted by Crippen LogP contribution is 2.41. The minimum absolute atomic E-state index is 0.184. The van der Waals surface area contributed by atoms with E-state index in [2.05, 4.69) is 22.9 Å². The van der Waals surface area contributed by atoms with Gasteiger partial charge in [-0.2, -0.15) is 0 Å². The molecule has 126 valence electrons. The van der Waals surface area contributed by atoms with E-state index in [1.165, 1.54) is 12.0 Å². The average molecular weight is 324 g/mol. The number of pyridine rings is 1. The van der Waals surface area contributed by atoms with Crippen LogP contribution in [0.4, 0.5) is 0 Å². The number of aromatic nitrogens is 1. The van der Waals surface area contributed by atoms with Crippen molar-refractivity contribution >= 4 is 10.9 Å². The van der Waals surface area contributed by atoms with Crippen molar-refractivity contribution in [2.45, 2.75) is 31.9 Å². The molecule has 0 radical (unpaired) electrons. The van der Waals surface area contributed by atoms with Crippen LogP contribution in [-0.2, 0) is 0 Å². The van der Waals surface area contributed by atoms with Gasteiger partial charge < -0.3 is 9.84 Å².